The lowest BCUT2D eigenvalue weighted by Crippen LogP contribution is -2.10. The molecule has 0 bridgehead atoms. The smallest absolute Gasteiger partial charge is 0.0467 e. The molecule has 12 aromatic rings. The highest BCUT2D eigenvalue weighted by molar-refractivity contribution is 7.25. The molecule has 12 rings (SSSR count). The van der Waals surface area contributed by atoms with Gasteiger partial charge in [0.25, 0.3) is 0 Å². The van der Waals surface area contributed by atoms with Gasteiger partial charge in [-0.15, -0.1) is 11.3 Å². The Morgan fingerprint density at radius 1 is 0.227 bits per heavy atom. The van der Waals surface area contributed by atoms with Gasteiger partial charge in [-0.3, -0.25) is 0 Å². The van der Waals surface area contributed by atoms with Gasteiger partial charge >= 0.3 is 0 Å². The molecule has 1 heterocycles. The monoisotopic (exact) mass is 857 g/mol. The van der Waals surface area contributed by atoms with Gasteiger partial charge in [0.15, 0.2) is 0 Å². The summed E-state index contributed by atoms with van der Waals surface area (Å²) in [5.41, 5.74) is 17.7. The van der Waals surface area contributed by atoms with E-state index in [2.05, 4.69) is 266 Å². The summed E-state index contributed by atoms with van der Waals surface area (Å²) in [6, 6.07) is 95.1. The Morgan fingerprint density at radius 3 is 1.42 bits per heavy atom. The summed E-state index contributed by atoms with van der Waals surface area (Å²) in [5.74, 6) is 0. The number of hydrogen-bond acceptors (Lipinski definition) is 2. The number of benzene rings is 11. The van der Waals surface area contributed by atoms with Crippen molar-refractivity contribution in [3.63, 3.8) is 0 Å². The highest BCUT2D eigenvalue weighted by atomic mass is 32.1. The maximum atomic E-state index is 2.38. The SMILES string of the molecule is c1ccc(-c2ccccc2-c2cccc(N(c3ccc(-c4ccc(-c5cccc(-c6ccc7ccccc7c6)c5)cc4)cc3)c3ccc(-c4ccc5sc6ccccc6c5c4)cc3)c2)cc1. The van der Waals surface area contributed by atoms with Crippen LogP contribution < -0.4 is 4.90 Å². The zero-order valence-corrected chi connectivity index (χ0v) is 37.0. The van der Waals surface area contributed by atoms with Crippen LogP contribution in [0.3, 0.4) is 0 Å². The lowest BCUT2D eigenvalue weighted by molar-refractivity contribution is 1.28. The first-order chi connectivity index (χ1) is 32.7. The van der Waals surface area contributed by atoms with Crippen LogP contribution in [0, 0.1) is 0 Å². The quantitative estimate of drug-likeness (QED) is 0.140. The van der Waals surface area contributed by atoms with Gasteiger partial charge in [0, 0.05) is 37.2 Å². The molecule has 0 amide bonds. The Labute approximate surface area is 389 Å². The van der Waals surface area contributed by atoms with Crippen molar-refractivity contribution < 1.29 is 0 Å². The van der Waals surface area contributed by atoms with Gasteiger partial charge in [-0.25, -0.2) is 0 Å². The number of anilines is 3. The first-order valence-corrected chi connectivity index (χ1v) is 23.4. The topological polar surface area (TPSA) is 3.24 Å². The van der Waals surface area contributed by atoms with Crippen LogP contribution >= 0.6 is 11.3 Å². The molecule has 2 heteroatoms. The van der Waals surface area contributed by atoms with Gasteiger partial charge in [0.1, 0.15) is 0 Å². The summed E-state index contributed by atoms with van der Waals surface area (Å²) in [4.78, 5) is 2.38. The van der Waals surface area contributed by atoms with Crippen molar-refractivity contribution in [1.29, 1.82) is 0 Å². The third-order valence-corrected chi connectivity index (χ3v) is 14.0. The Hall–Kier alpha value is -8.30. The molecule has 0 saturated heterocycles. The lowest BCUT2D eigenvalue weighted by atomic mass is 9.94. The van der Waals surface area contributed by atoms with Crippen LogP contribution in [-0.4, -0.2) is 0 Å². The van der Waals surface area contributed by atoms with Crippen LogP contribution in [0.15, 0.2) is 261 Å². The molecule has 0 radical (unpaired) electrons. The van der Waals surface area contributed by atoms with E-state index in [0.717, 1.165) is 17.1 Å². The van der Waals surface area contributed by atoms with E-state index in [4.69, 9.17) is 0 Å². The molecule has 0 aliphatic heterocycles. The molecule has 0 saturated carbocycles. The van der Waals surface area contributed by atoms with Crippen LogP contribution in [0.25, 0.3) is 97.7 Å². The molecule has 1 nitrogen and oxygen atoms in total. The van der Waals surface area contributed by atoms with Crippen LogP contribution in [0.2, 0.25) is 0 Å². The Bertz CT molecular complexity index is 3680. The van der Waals surface area contributed by atoms with E-state index >= 15 is 0 Å². The van der Waals surface area contributed by atoms with Gasteiger partial charge < -0.3 is 4.90 Å². The Morgan fingerprint density at radius 2 is 0.697 bits per heavy atom. The second-order valence-electron chi connectivity index (χ2n) is 16.9. The van der Waals surface area contributed by atoms with Crippen molar-refractivity contribution in [3.8, 4) is 66.8 Å². The lowest BCUT2D eigenvalue weighted by Gasteiger charge is -2.26. The summed E-state index contributed by atoms with van der Waals surface area (Å²) >= 11 is 1.86. The fourth-order valence-corrected chi connectivity index (χ4v) is 10.6. The standard InChI is InChI=1S/C64H43NS/c1-2-13-49(14-3-1)59-20-6-7-21-60(59)55-18-11-19-58(42-55)65(57-37-32-48(33-38-57)54-34-39-64-62(43-54)61-22-8-9-23-63(61)66-64)56-35-30-46(31-36-56)45-24-26-47(27-25-45)51-16-10-17-52(40-51)53-29-28-44-12-4-5-15-50(44)41-53/h1-43H. The number of thiophene rings is 1. The van der Waals surface area contributed by atoms with Gasteiger partial charge in [-0.2, -0.15) is 0 Å². The third-order valence-electron chi connectivity index (χ3n) is 12.9. The number of nitrogens with zero attached hydrogens (tertiary/aromatic N) is 1. The first-order valence-electron chi connectivity index (χ1n) is 22.6. The zero-order chi connectivity index (χ0) is 43.8. The fourth-order valence-electron chi connectivity index (χ4n) is 9.48. The molecule has 11 aromatic carbocycles. The molecule has 66 heavy (non-hydrogen) atoms. The van der Waals surface area contributed by atoms with Crippen LogP contribution in [0.4, 0.5) is 17.1 Å². The van der Waals surface area contributed by atoms with Gasteiger partial charge in [0.2, 0.25) is 0 Å². The predicted molar refractivity (Wildman–Crippen MR) is 284 cm³/mol. The normalized spacial score (nSPS) is 11.3. The molecule has 0 spiro atoms. The first kappa shape index (κ1) is 39.3. The summed E-state index contributed by atoms with van der Waals surface area (Å²) < 4.78 is 2.64. The average molecular weight is 858 g/mol. The molecule has 0 fully saturated rings. The minimum absolute atomic E-state index is 1.09. The van der Waals surface area contributed by atoms with E-state index in [9.17, 15) is 0 Å². The molecular formula is C64H43NS. The maximum Gasteiger partial charge on any atom is 0.0467 e. The highest BCUT2D eigenvalue weighted by Gasteiger charge is 2.16. The van der Waals surface area contributed by atoms with E-state index in [0.29, 0.717) is 0 Å². The summed E-state index contributed by atoms with van der Waals surface area (Å²) in [6.45, 7) is 0. The highest BCUT2D eigenvalue weighted by Crippen LogP contribution is 2.42. The van der Waals surface area contributed by atoms with Gasteiger partial charge in [0.05, 0.1) is 0 Å². The van der Waals surface area contributed by atoms with Crippen molar-refractivity contribution in [2.75, 3.05) is 4.90 Å². The summed E-state index contributed by atoms with van der Waals surface area (Å²) in [5, 5.41) is 5.15. The van der Waals surface area contributed by atoms with Crippen molar-refractivity contribution in [1.82, 2.24) is 0 Å². The fraction of sp³-hybridized carbons (Fsp3) is 0. The third kappa shape index (κ3) is 7.54. The Kier molecular flexibility index (Phi) is 10.1. The van der Waals surface area contributed by atoms with Gasteiger partial charge in [-0.1, -0.05) is 194 Å². The largest absolute Gasteiger partial charge is 0.310 e. The van der Waals surface area contributed by atoms with E-state index in [1.165, 1.54) is 97.7 Å². The van der Waals surface area contributed by atoms with Crippen molar-refractivity contribution in [2.45, 2.75) is 0 Å². The second-order valence-corrected chi connectivity index (χ2v) is 18.0. The Balaban J connectivity index is 0.879. The molecular weight excluding hydrogens is 815 g/mol. The minimum atomic E-state index is 1.09. The van der Waals surface area contributed by atoms with Crippen LogP contribution in [-0.2, 0) is 0 Å². The molecule has 0 aliphatic carbocycles. The number of rotatable bonds is 9. The molecule has 0 unspecified atom stereocenters. The van der Waals surface area contributed by atoms with Crippen molar-refractivity contribution in [2.24, 2.45) is 0 Å². The molecule has 0 N–H and O–H groups in total. The maximum absolute atomic E-state index is 2.38. The van der Waals surface area contributed by atoms with E-state index in [-0.39, 0.29) is 0 Å². The van der Waals surface area contributed by atoms with E-state index in [1.807, 2.05) is 11.3 Å². The second kappa shape index (κ2) is 17.0. The number of fused-ring (bicyclic) bond motifs is 4. The molecule has 1 aromatic heterocycles. The average Bonchev–Trinajstić information content (AvgIpc) is 3.78. The molecule has 0 aliphatic rings. The van der Waals surface area contributed by atoms with Gasteiger partial charge in [-0.05, 0) is 144 Å². The zero-order valence-electron chi connectivity index (χ0n) is 36.2. The predicted octanol–water partition coefficient (Wildman–Crippen LogP) is 18.7. The summed E-state index contributed by atoms with van der Waals surface area (Å²) in [7, 11) is 0. The van der Waals surface area contributed by atoms with Crippen LogP contribution in [0.5, 0.6) is 0 Å². The van der Waals surface area contributed by atoms with Crippen molar-refractivity contribution in [3.05, 3.63) is 261 Å². The summed E-state index contributed by atoms with van der Waals surface area (Å²) in [6.07, 6.45) is 0. The minimum Gasteiger partial charge on any atom is -0.310 e. The number of hydrogen-bond donors (Lipinski definition) is 0. The van der Waals surface area contributed by atoms with Crippen molar-refractivity contribution >= 4 is 59.3 Å². The van der Waals surface area contributed by atoms with E-state index < -0.39 is 0 Å². The van der Waals surface area contributed by atoms with Crippen LogP contribution in [0.1, 0.15) is 0 Å². The van der Waals surface area contributed by atoms with E-state index in [1.54, 1.807) is 0 Å². The molecule has 310 valence electrons. The molecule has 0 atom stereocenters.